The van der Waals surface area contributed by atoms with Crippen LogP contribution in [0.4, 0.5) is 0 Å². The smallest absolute Gasteiger partial charge is 0.0156 e. The van der Waals surface area contributed by atoms with Crippen LogP contribution >= 0.6 is 0 Å². The van der Waals surface area contributed by atoms with Crippen LogP contribution in [0.15, 0.2) is 0 Å². The summed E-state index contributed by atoms with van der Waals surface area (Å²) in [4.78, 5) is 8.28. The minimum atomic E-state index is 0.336. The Kier molecular flexibility index (Phi) is 7.44. The predicted molar refractivity (Wildman–Crippen MR) is 126 cm³/mol. The van der Waals surface area contributed by atoms with Crippen LogP contribution in [0.25, 0.3) is 0 Å². The first-order chi connectivity index (χ1) is 13.4. The first-order valence-corrected chi connectivity index (χ1v) is 12.7. The summed E-state index contributed by atoms with van der Waals surface area (Å²) < 4.78 is 0. The molecule has 0 aromatic heterocycles. The zero-order valence-corrected chi connectivity index (χ0v) is 20.9. The van der Waals surface area contributed by atoms with Gasteiger partial charge >= 0.3 is 0 Å². The molecule has 3 aliphatic heterocycles. The van der Waals surface area contributed by atoms with Gasteiger partial charge in [-0.1, -0.05) is 20.3 Å². The molecule has 2 unspecified atom stereocenters. The molecule has 0 aromatic carbocycles. The zero-order chi connectivity index (χ0) is 21.3. The largest absolute Gasteiger partial charge is 0.303 e. The van der Waals surface area contributed by atoms with Gasteiger partial charge in [0.25, 0.3) is 0 Å². The molecule has 3 heterocycles. The van der Waals surface area contributed by atoms with Gasteiger partial charge in [0.05, 0.1) is 0 Å². The quantitative estimate of drug-likeness (QED) is 0.554. The maximum Gasteiger partial charge on any atom is 0.0156 e. The fourth-order valence-corrected chi connectivity index (χ4v) is 6.62. The highest BCUT2D eigenvalue weighted by Crippen LogP contribution is 2.36. The summed E-state index contributed by atoms with van der Waals surface area (Å²) in [6, 6.07) is 0. The summed E-state index contributed by atoms with van der Waals surface area (Å²) in [5, 5.41) is 0. The Hall–Kier alpha value is -0.120. The molecule has 3 nitrogen and oxygen atoms in total. The molecular weight excluding hydrogens is 354 g/mol. The fraction of sp³-hybridized carbons (Fsp3) is 1.00. The Balaban J connectivity index is 1.44. The Morgan fingerprint density at radius 2 is 1.28 bits per heavy atom. The predicted octanol–water partition coefficient (Wildman–Crippen LogP) is 5.50. The third kappa shape index (κ3) is 6.68. The van der Waals surface area contributed by atoms with Gasteiger partial charge in [-0.2, -0.15) is 0 Å². The van der Waals surface area contributed by atoms with Crippen LogP contribution in [-0.2, 0) is 0 Å². The molecule has 0 amide bonds. The summed E-state index contributed by atoms with van der Waals surface area (Å²) in [6.07, 6.45) is 9.83. The van der Waals surface area contributed by atoms with E-state index >= 15 is 0 Å². The Morgan fingerprint density at radius 3 is 1.90 bits per heavy atom. The van der Waals surface area contributed by atoms with Crippen molar-refractivity contribution in [1.29, 1.82) is 0 Å². The van der Waals surface area contributed by atoms with Crippen LogP contribution in [-0.4, -0.2) is 71.6 Å². The third-order valence-corrected chi connectivity index (χ3v) is 8.10. The summed E-state index contributed by atoms with van der Waals surface area (Å²) in [5.41, 5.74) is 1.16. The monoisotopic (exact) mass is 405 g/mol. The number of hydrogen-bond donors (Lipinski definition) is 0. The number of rotatable bonds is 7. The van der Waals surface area contributed by atoms with Crippen molar-refractivity contribution < 1.29 is 0 Å². The van der Waals surface area contributed by atoms with E-state index in [-0.39, 0.29) is 0 Å². The molecule has 0 spiro atoms. The van der Waals surface area contributed by atoms with E-state index < -0.39 is 0 Å². The van der Waals surface area contributed by atoms with E-state index in [0.29, 0.717) is 16.5 Å². The zero-order valence-electron chi connectivity index (χ0n) is 20.9. The maximum absolute atomic E-state index is 2.80. The van der Waals surface area contributed by atoms with Crippen molar-refractivity contribution in [2.75, 3.05) is 45.8 Å². The molecule has 0 radical (unpaired) electrons. The summed E-state index contributed by atoms with van der Waals surface area (Å²) in [7, 11) is 0. The molecule has 3 aliphatic rings. The van der Waals surface area contributed by atoms with Crippen molar-refractivity contribution in [3.63, 3.8) is 0 Å². The van der Waals surface area contributed by atoms with Crippen molar-refractivity contribution in [2.24, 2.45) is 17.3 Å². The molecule has 3 heteroatoms. The number of piperidine rings is 1. The number of nitrogens with zero attached hydrogens (tertiary/aromatic N) is 3. The highest BCUT2D eigenvalue weighted by molar-refractivity contribution is 4.92. The fourth-order valence-electron chi connectivity index (χ4n) is 6.62. The first kappa shape index (κ1) is 23.5. The van der Waals surface area contributed by atoms with E-state index in [2.05, 4.69) is 63.2 Å². The van der Waals surface area contributed by atoms with Crippen molar-refractivity contribution in [1.82, 2.24) is 14.7 Å². The molecule has 0 saturated carbocycles. The van der Waals surface area contributed by atoms with E-state index in [1.165, 1.54) is 90.8 Å². The van der Waals surface area contributed by atoms with Gasteiger partial charge in [0, 0.05) is 30.7 Å². The normalized spacial score (nSPS) is 29.1. The molecule has 3 fully saturated rings. The molecule has 3 saturated heterocycles. The average molecular weight is 406 g/mol. The Labute approximate surface area is 182 Å². The van der Waals surface area contributed by atoms with E-state index in [4.69, 9.17) is 0 Å². The molecule has 29 heavy (non-hydrogen) atoms. The molecule has 0 bridgehead atoms. The Bertz CT molecular complexity index is 513. The van der Waals surface area contributed by atoms with Crippen LogP contribution in [0.5, 0.6) is 0 Å². The molecule has 2 atom stereocenters. The highest BCUT2D eigenvalue weighted by Gasteiger charge is 2.37. The van der Waals surface area contributed by atoms with Gasteiger partial charge in [-0.3, -0.25) is 9.80 Å². The lowest BCUT2D eigenvalue weighted by Crippen LogP contribution is -2.48. The molecular formula is C26H51N3. The van der Waals surface area contributed by atoms with Gasteiger partial charge in [-0.15, -0.1) is 0 Å². The van der Waals surface area contributed by atoms with E-state index in [1.807, 2.05) is 0 Å². The van der Waals surface area contributed by atoms with Gasteiger partial charge in [-0.25, -0.2) is 0 Å². The van der Waals surface area contributed by atoms with Crippen molar-refractivity contribution in [3.05, 3.63) is 0 Å². The summed E-state index contributed by atoms with van der Waals surface area (Å²) >= 11 is 0. The van der Waals surface area contributed by atoms with Crippen LogP contribution in [0.1, 0.15) is 93.4 Å². The van der Waals surface area contributed by atoms with Crippen molar-refractivity contribution in [3.8, 4) is 0 Å². The van der Waals surface area contributed by atoms with Gasteiger partial charge in [-0.05, 0) is 117 Å². The molecule has 0 aliphatic carbocycles. The lowest BCUT2D eigenvalue weighted by atomic mass is 9.81. The SMILES string of the molecule is CC(C)(CC1CCN(C(C)(C)C)C1)CN1CCC(CC(C)(C)N2CCCCC2)C1. The van der Waals surface area contributed by atoms with E-state index in [9.17, 15) is 0 Å². The van der Waals surface area contributed by atoms with Crippen LogP contribution in [0.3, 0.4) is 0 Å². The minimum absolute atomic E-state index is 0.336. The van der Waals surface area contributed by atoms with E-state index in [1.54, 1.807) is 0 Å². The van der Waals surface area contributed by atoms with Gasteiger partial charge in [0.15, 0.2) is 0 Å². The second kappa shape index (κ2) is 9.17. The second-order valence-corrected chi connectivity index (χ2v) is 13.1. The first-order valence-electron chi connectivity index (χ1n) is 12.7. The van der Waals surface area contributed by atoms with Crippen molar-refractivity contribution in [2.45, 2.75) is 104 Å². The van der Waals surface area contributed by atoms with E-state index in [0.717, 1.165) is 11.8 Å². The van der Waals surface area contributed by atoms with Gasteiger partial charge in [0.1, 0.15) is 0 Å². The maximum atomic E-state index is 2.80. The van der Waals surface area contributed by atoms with Crippen molar-refractivity contribution >= 4 is 0 Å². The molecule has 170 valence electrons. The standard InChI is InChI=1S/C26H51N3/c1-24(2,3)29-16-12-22(20-29)17-25(4,5)21-27-15-11-23(19-27)18-26(6,7)28-13-9-8-10-14-28/h22-23H,8-21H2,1-7H3. The number of likely N-dealkylation sites (tertiary alicyclic amines) is 3. The van der Waals surface area contributed by atoms with Crippen LogP contribution in [0.2, 0.25) is 0 Å². The molecule has 0 aromatic rings. The number of hydrogen-bond acceptors (Lipinski definition) is 3. The third-order valence-electron chi connectivity index (χ3n) is 8.10. The second-order valence-electron chi connectivity index (χ2n) is 13.1. The average Bonchev–Trinajstić information content (AvgIpc) is 3.24. The Morgan fingerprint density at radius 1 is 0.655 bits per heavy atom. The highest BCUT2D eigenvalue weighted by atomic mass is 15.2. The molecule has 0 N–H and O–H groups in total. The van der Waals surface area contributed by atoms with Crippen LogP contribution < -0.4 is 0 Å². The summed E-state index contributed by atoms with van der Waals surface area (Å²) in [5.74, 6) is 1.78. The summed E-state index contributed by atoms with van der Waals surface area (Å²) in [6.45, 7) is 26.4. The van der Waals surface area contributed by atoms with Gasteiger partial charge in [0.2, 0.25) is 0 Å². The topological polar surface area (TPSA) is 9.72 Å². The van der Waals surface area contributed by atoms with Gasteiger partial charge < -0.3 is 4.90 Å². The lowest BCUT2D eigenvalue weighted by molar-refractivity contribution is 0.0726. The molecule has 3 rings (SSSR count). The van der Waals surface area contributed by atoms with Crippen LogP contribution in [0, 0.1) is 17.3 Å². The minimum Gasteiger partial charge on any atom is -0.303 e. The lowest BCUT2D eigenvalue weighted by Gasteiger charge is -2.42.